The van der Waals surface area contributed by atoms with Crippen LogP contribution in [-0.4, -0.2) is 24.1 Å². The van der Waals surface area contributed by atoms with E-state index in [4.69, 9.17) is 11.6 Å². The minimum atomic E-state index is -0.484. The van der Waals surface area contributed by atoms with Crippen molar-refractivity contribution in [3.8, 4) is 28.7 Å². The molecule has 0 saturated heterocycles. The van der Waals surface area contributed by atoms with Crippen molar-refractivity contribution in [3.63, 3.8) is 0 Å². The predicted octanol–water partition coefficient (Wildman–Crippen LogP) is 4.50. The number of rotatable bonds is 3. The van der Waals surface area contributed by atoms with E-state index in [1.54, 1.807) is 24.5 Å². The zero-order chi connectivity index (χ0) is 19.1. The number of hydrogen-bond donors (Lipinski definition) is 0. The van der Waals surface area contributed by atoms with Crippen molar-refractivity contribution < 1.29 is 4.39 Å². The van der Waals surface area contributed by atoms with Gasteiger partial charge >= 0.3 is 0 Å². The number of nitriles is 1. The van der Waals surface area contributed by atoms with Crippen LogP contribution in [-0.2, 0) is 0 Å². The quantitative estimate of drug-likeness (QED) is 0.524. The zero-order valence-electron chi connectivity index (χ0n) is 14.6. The Morgan fingerprint density at radius 2 is 2.00 bits per heavy atom. The molecule has 0 bridgehead atoms. The van der Waals surface area contributed by atoms with E-state index in [2.05, 4.69) is 21.1 Å². The lowest BCUT2D eigenvalue weighted by molar-refractivity contribution is 0.603. The Kier molecular flexibility index (Phi) is 4.13. The summed E-state index contributed by atoms with van der Waals surface area (Å²) in [4.78, 5) is 8.68. The average Bonchev–Trinajstić information content (AvgIpc) is 3.27. The molecule has 0 aliphatic rings. The molecule has 0 saturated carbocycles. The minimum absolute atomic E-state index is 0.0299. The third-order valence-corrected chi connectivity index (χ3v) is 4.55. The van der Waals surface area contributed by atoms with Crippen LogP contribution in [0.3, 0.4) is 0 Å². The summed E-state index contributed by atoms with van der Waals surface area (Å²) >= 11 is 5.96. The van der Waals surface area contributed by atoms with Gasteiger partial charge in [-0.05, 0) is 44.2 Å². The number of nitrogens with zero attached hydrogens (tertiary/aromatic N) is 6. The van der Waals surface area contributed by atoms with Crippen molar-refractivity contribution in [1.82, 2.24) is 24.1 Å². The summed E-state index contributed by atoms with van der Waals surface area (Å²) in [6, 6.07) is 10.3. The Labute approximate surface area is 159 Å². The highest BCUT2D eigenvalue weighted by molar-refractivity contribution is 6.31. The predicted molar refractivity (Wildman–Crippen MR) is 99.7 cm³/mol. The number of halogens is 2. The van der Waals surface area contributed by atoms with Crippen LogP contribution in [0.25, 0.3) is 28.3 Å². The number of imidazole rings is 2. The second kappa shape index (κ2) is 6.49. The van der Waals surface area contributed by atoms with E-state index in [-0.39, 0.29) is 11.1 Å². The highest BCUT2D eigenvalue weighted by Crippen LogP contribution is 2.34. The number of hydrogen-bond acceptors (Lipinski definition) is 4. The highest BCUT2D eigenvalue weighted by Gasteiger charge is 2.20. The summed E-state index contributed by atoms with van der Waals surface area (Å²) in [5, 5.41) is 13.9. The fraction of sp³-hybridized carbons (Fsp3) is 0.158. The molecule has 6 nitrogen and oxygen atoms in total. The SMILES string of the molecule is CC(C)n1cnc(-c2ccc(F)c(Cl)c2)c1-c1ccc2ncc(C#N)n2n1. The standard InChI is InChI=1S/C19H14ClFN6/c1-11(2)26-10-24-18(12-3-4-15(21)14(20)7-12)19(26)16-5-6-17-23-9-13(8-22)27(17)25-16/h3-7,9-11H,1-2H3. The van der Waals surface area contributed by atoms with Gasteiger partial charge in [-0.25, -0.2) is 18.9 Å². The van der Waals surface area contributed by atoms with Gasteiger partial charge in [-0.2, -0.15) is 10.4 Å². The molecule has 0 atom stereocenters. The summed E-state index contributed by atoms with van der Waals surface area (Å²) in [5.41, 5.74) is 3.62. The van der Waals surface area contributed by atoms with Crippen LogP contribution >= 0.6 is 11.6 Å². The fourth-order valence-corrected chi connectivity index (χ4v) is 3.12. The van der Waals surface area contributed by atoms with Gasteiger partial charge in [0, 0.05) is 11.6 Å². The number of benzene rings is 1. The third-order valence-electron chi connectivity index (χ3n) is 4.26. The molecule has 4 aromatic rings. The van der Waals surface area contributed by atoms with Gasteiger partial charge in [-0.3, -0.25) is 0 Å². The van der Waals surface area contributed by atoms with Crippen molar-refractivity contribution in [3.05, 3.63) is 59.4 Å². The molecule has 0 radical (unpaired) electrons. The first-order valence-electron chi connectivity index (χ1n) is 8.27. The molecule has 4 rings (SSSR count). The molecule has 3 heterocycles. The molecule has 0 aliphatic carbocycles. The molecule has 0 fully saturated rings. The lowest BCUT2D eigenvalue weighted by Gasteiger charge is -2.13. The van der Waals surface area contributed by atoms with E-state index in [9.17, 15) is 9.65 Å². The Balaban J connectivity index is 1.97. The van der Waals surface area contributed by atoms with Crippen LogP contribution in [0.2, 0.25) is 5.02 Å². The molecule has 0 aliphatic heterocycles. The van der Waals surface area contributed by atoms with Crippen LogP contribution in [0.5, 0.6) is 0 Å². The first-order valence-corrected chi connectivity index (χ1v) is 8.65. The molecule has 0 amide bonds. The maximum atomic E-state index is 13.6. The van der Waals surface area contributed by atoms with E-state index in [1.807, 2.05) is 24.5 Å². The number of fused-ring (bicyclic) bond motifs is 1. The lowest BCUT2D eigenvalue weighted by Crippen LogP contribution is -2.05. The normalized spacial score (nSPS) is 11.3. The summed E-state index contributed by atoms with van der Waals surface area (Å²) in [7, 11) is 0. The number of aromatic nitrogens is 5. The van der Waals surface area contributed by atoms with E-state index in [1.165, 1.54) is 16.8 Å². The topological polar surface area (TPSA) is 71.8 Å². The van der Waals surface area contributed by atoms with Crippen molar-refractivity contribution in [2.45, 2.75) is 19.9 Å². The van der Waals surface area contributed by atoms with Gasteiger partial charge in [-0.1, -0.05) is 11.6 Å². The monoisotopic (exact) mass is 380 g/mol. The Morgan fingerprint density at radius 3 is 2.70 bits per heavy atom. The molecular weight excluding hydrogens is 367 g/mol. The average molecular weight is 381 g/mol. The molecule has 0 spiro atoms. The molecule has 0 N–H and O–H groups in total. The molecule has 8 heteroatoms. The van der Waals surface area contributed by atoms with Gasteiger partial charge in [0.05, 0.1) is 28.9 Å². The van der Waals surface area contributed by atoms with Crippen LogP contribution in [0.4, 0.5) is 4.39 Å². The van der Waals surface area contributed by atoms with E-state index >= 15 is 0 Å². The molecule has 1 aromatic carbocycles. The van der Waals surface area contributed by atoms with Crippen molar-refractivity contribution in [1.29, 1.82) is 5.26 Å². The second-order valence-corrected chi connectivity index (χ2v) is 6.72. The van der Waals surface area contributed by atoms with Gasteiger partial charge in [0.1, 0.15) is 17.6 Å². The van der Waals surface area contributed by atoms with Gasteiger partial charge < -0.3 is 4.57 Å². The summed E-state index contributed by atoms with van der Waals surface area (Å²) in [5.74, 6) is -0.484. The van der Waals surface area contributed by atoms with Crippen molar-refractivity contribution >= 4 is 17.2 Å². The largest absolute Gasteiger partial charge is 0.326 e. The van der Waals surface area contributed by atoms with E-state index < -0.39 is 5.82 Å². The van der Waals surface area contributed by atoms with Gasteiger partial charge in [-0.15, -0.1) is 0 Å². The Bertz CT molecular complexity index is 1200. The van der Waals surface area contributed by atoms with E-state index in [0.29, 0.717) is 28.3 Å². The van der Waals surface area contributed by atoms with Gasteiger partial charge in [0.15, 0.2) is 11.3 Å². The zero-order valence-corrected chi connectivity index (χ0v) is 15.3. The van der Waals surface area contributed by atoms with Gasteiger partial charge in [0.25, 0.3) is 0 Å². The maximum Gasteiger partial charge on any atom is 0.162 e. The van der Waals surface area contributed by atoms with Gasteiger partial charge in [0.2, 0.25) is 0 Å². The second-order valence-electron chi connectivity index (χ2n) is 6.32. The summed E-state index contributed by atoms with van der Waals surface area (Å²) < 4.78 is 17.1. The third kappa shape index (κ3) is 2.84. The highest BCUT2D eigenvalue weighted by atomic mass is 35.5. The van der Waals surface area contributed by atoms with Crippen LogP contribution in [0.15, 0.2) is 42.9 Å². The van der Waals surface area contributed by atoms with Crippen LogP contribution in [0, 0.1) is 17.1 Å². The van der Waals surface area contributed by atoms with Crippen molar-refractivity contribution in [2.24, 2.45) is 0 Å². The first-order chi connectivity index (χ1) is 13.0. The molecular formula is C19H14ClFN6. The van der Waals surface area contributed by atoms with E-state index in [0.717, 1.165) is 5.69 Å². The lowest BCUT2D eigenvalue weighted by atomic mass is 10.1. The first kappa shape index (κ1) is 17.2. The fourth-order valence-electron chi connectivity index (χ4n) is 2.94. The summed E-state index contributed by atoms with van der Waals surface area (Å²) in [6.45, 7) is 4.06. The smallest absolute Gasteiger partial charge is 0.162 e. The summed E-state index contributed by atoms with van der Waals surface area (Å²) in [6.07, 6.45) is 3.20. The molecule has 0 unspecified atom stereocenters. The minimum Gasteiger partial charge on any atom is -0.326 e. The van der Waals surface area contributed by atoms with Crippen LogP contribution in [0.1, 0.15) is 25.6 Å². The maximum absolute atomic E-state index is 13.6. The van der Waals surface area contributed by atoms with Crippen molar-refractivity contribution in [2.75, 3.05) is 0 Å². The molecule has 134 valence electrons. The Morgan fingerprint density at radius 1 is 1.19 bits per heavy atom. The molecule has 27 heavy (non-hydrogen) atoms. The molecule has 3 aromatic heterocycles. The Hall–Kier alpha value is -3.24. The van der Waals surface area contributed by atoms with Crippen LogP contribution < -0.4 is 0 Å².